The van der Waals surface area contributed by atoms with E-state index in [1.54, 1.807) is 6.92 Å². The molecule has 0 aromatic carbocycles. The smallest absolute Gasteiger partial charge is 0.344 e. The summed E-state index contributed by atoms with van der Waals surface area (Å²) in [6, 6.07) is 0. The molecule has 4 aliphatic carbocycles. The van der Waals surface area contributed by atoms with Crippen molar-refractivity contribution in [1.29, 1.82) is 0 Å². The molecule has 0 bridgehead atoms. The summed E-state index contributed by atoms with van der Waals surface area (Å²) in [5.41, 5.74) is 2.77. The number of oxime groups is 1. The monoisotopic (exact) mass is 387 g/mol. The van der Waals surface area contributed by atoms with Crippen LogP contribution >= 0.6 is 0 Å². The van der Waals surface area contributed by atoms with Gasteiger partial charge >= 0.3 is 5.97 Å². The minimum absolute atomic E-state index is 0.205. The standard InChI is InChI=1S/C23H33NO4/c1-14(25)18-6-7-19-17-5-4-15-12-16(24-28-13-21(26)27)8-10-22(15,2)20(17)9-11-23(18,19)3/h12,17-20H,4-11,13H2,1-3H3,(H,26,27)/t17-,18+,19-,20-,22-,23+/m0/s1. The van der Waals surface area contributed by atoms with Gasteiger partial charge in [0.2, 0.25) is 6.61 Å². The molecule has 1 N–H and O–H groups in total. The number of fused-ring (bicyclic) bond motifs is 5. The predicted molar refractivity (Wildman–Crippen MR) is 107 cm³/mol. The van der Waals surface area contributed by atoms with Crippen molar-refractivity contribution >= 4 is 17.5 Å². The van der Waals surface area contributed by atoms with Crippen LogP contribution in [0.2, 0.25) is 0 Å². The second-order valence-corrected chi connectivity index (χ2v) is 10.0. The van der Waals surface area contributed by atoms with E-state index in [1.165, 1.54) is 31.3 Å². The first-order chi connectivity index (χ1) is 13.3. The third-order valence-corrected chi connectivity index (χ3v) is 8.84. The van der Waals surface area contributed by atoms with Crippen LogP contribution in [0.1, 0.15) is 72.1 Å². The van der Waals surface area contributed by atoms with Crippen molar-refractivity contribution in [2.45, 2.75) is 72.1 Å². The summed E-state index contributed by atoms with van der Waals surface area (Å²) in [5, 5.41) is 12.8. The topological polar surface area (TPSA) is 76.0 Å². The van der Waals surface area contributed by atoms with E-state index in [1.807, 2.05) is 0 Å². The molecule has 0 aromatic heterocycles. The molecule has 4 aliphatic rings. The van der Waals surface area contributed by atoms with E-state index in [9.17, 15) is 9.59 Å². The molecule has 0 saturated heterocycles. The molecule has 0 heterocycles. The van der Waals surface area contributed by atoms with E-state index < -0.39 is 5.97 Å². The Labute approximate surface area is 167 Å². The van der Waals surface area contributed by atoms with Crippen LogP contribution < -0.4 is 0 Å². The van der Waals surface area contributed by atoms with E-state index in [-0.39, 0.29) is 23.4 Å². The Bertz CT molecular complexity index is 741. The van der Waals surface area contributed by atoms with Gasteiger partial charge in [0, 0.05) is 5.92 Å². The second kappa shape index (κ2) is 7.00. The average Bonchev–Trinajstić information content (AvgIpc) is 2.99. The molecule has 154 valence electrons. The van der Waals surface area contributed by atoms with Crippen molar-refractivity contribution in [2.24, 2.45) is 39.7 Å². The van der Waals surface area contributed by atoms with Crippen molar-refractivity contribution in [3.8, 4) is 0 Å². The van der Waals surface area contributed by atoms with Crippen molar-refractivity contribution in [3.63, 3.8) is 0 Å². The zero-order chi connectivity index (χ0) is 20.1. The molecule has 6 atom stereocenters. The van der Waals surface area contributed by atoms with Gasteiger partial charge in [-0.25, -0.2) is 4.79 Å². The summed E-state index contributed by atoms with van der Waals surface area (Å²) < 4.78 is 0. The quantitative estimate of drug-likeness (QED) is 0.715. The number of carboxylic acids is 1. The van der Waals surface area contributed by atoms with Crippen LogP contribution in [0.15, 0.2) is 16.8 Å². The van der Waals surface area contributed by atoms with Crippen LogP contribution in [-0.4, -0.2) is 29.2 Å². The first-order valence-electron chi connectivity index (χ1n) is 10.9. The maximum atomic E-state index is 12.3. The van der Waals surface area contributed by atoms with Crippen molar-refractivity contribution in [2.75, 3.05) is 6.61 Å². The van der Waals surface area contributed by atoms with Crippen LogP contribution in [0.5, 0.6) is 0 Å². The Kier molecular flexibility index (Phi) is 4.91. The van der Waals surface area contributed by atoms with Crippen molar-refractivity contribution in [3.05, 3.63) is 11.6 Å². The summed E-state index contributed by atoms with van der Waals surface area (Å²) >= 11 is 0. The largest absolute Gasteiger partial charge is 0.479 e. The number of carbonyl (C=O) groups excluding carboxylic acids is 1. The predicted octanol–water partition coefficient (Wildman–Crippen LogP) is 4.61. The van der Waals surface area contributed by atoms with E-state index in [2.05, 4.69) is 25.1 Å². The summed E-state index contributed by atoms with van der Waals surface area (Å²) in [6.45, 7) is 6.24. The lowest BCUT2D eigenvalue weighted by molar-refractivity contribution is -0.142. The van der Waals surface area contributed by atoms with E-state index in [4.69, 9.17) is 9.94 Å². The Morgan fingerprint density at radius 3 is 2.64 bits per heavy atom. The number of nitrogens with zero attached hydrogens (tertiary/aromatic N) is 1. The lowest BCUT2D eigenvalue weighted by Gasteiger charge is -2.58. The first kappa shape index (κ1) is 19.7. The molecule has 3 saturated carbocycles. The number of hydrogen-bond donors (Lipinski definition) is 1. The number of ketones is 1. The SMILES string of the molecule is CC(=O)[C@H]1CC[C@H]2[C@@H]3CCC4=CC(=NOCC(=O)O)CC[C@]4(C)[C@H]3CC[C@]12C. The number of rotatable bonds is 4. The van der Waals surface area contributed by atoms with Crippen molar-refractivity contribution < 1.29 is 19.5 Å². The summed E-state index contributed by atoms with van der Waals surface area (Å²) in [7, 11) is 0. The van der Waals surface area contributed by atoms with Crippen molar-refractivity contribution in [1.82, 2.24) is 0 Å². The third-order valence-electron chi connectivity index (χ3n) is 8.84. The Balaban J connectivity index is 1.55. The molecule has 3 fully saturated rings. The molecule has 0 amide bonds. The fourth-order valence-electron chi connectivity index (χ4n) is 7.48. The number of carboxylic acid groups (broad SMARTS) is 1. The Morgan fingerprint density at radius 1 is 1.14 bits per heavy atom. The summed E-state index contributed by atoms with van der Waals surface area (Å²) in [5.74, 6) is 1.77. The van der Waals surface area contributed by atoms with Gasteiger partial charge in [-0.15, -0.1) is 0 Å². The molecule has 4 rings (SSSR count). The molecule has 0 radical (unpaired) electrons. The maximum Gasteiger partial charge on any atom is 0.344 e. The van der Waals surface area contributed by atoms with E-state index >= 15 is 0 Å². The van der Waals surface area contributed by atoms with Gasteiger partial charge in [-0.3, -0.25) is 4.79 Å². The number of allylic oxidation sites excluding steroid dienone is 2. The van der Waals surface area contributed by atoms with E-state index in [0.717, 1.165) is 37.3 Å². The molecule has 5 heteroatoms. The van der Waals surface area contributed by atoms with Gasteiger partial charge in [0.1, 0.15) is 5.78 Å². The molecule has 5 nitrogen and oxygen atoms in total. The highest BCUT2D eigenvalue weighted by molar-refractivity contribution is 5.96. The summed E-state index contributed by atoms with van der Waals surface area (Å²) in [6.07, 6.45) is 11.1. The van der Waals surface area contributed by atoms with Gasteiger partial charge in [-0.1, -0.05) is 24.6 Å². The fraction of sp³-hybridized carbons (Fsp3) is 0.783. The zero-order valence-electron chi connectivity index (χ0n) is 17.4. The highest BCUT2D eigenvalue weighted by atomic mass is 16.6. The minimum atomic E-state index is -0.996. The minimum Gasteiger partial charge on any atom is -0.479 e. The number of hydrogen-bond acceptors (Lipinski definition) is 4. The fourth-order valence-corrected chi connectivity index (χ4v) is 7.48. The lowest BCUT2D eigenvalue weighted by atomic mass is 9.46. The van der Waals surface area contributed by atoms with Crippen LogP contribution in [0.25, 0.3) is 0 Å². The number of aliphatic carboxylic acids is 1. The molecular formula is C23H33NO4. The van der Waals surface area contributed by atoms with Gasteiger partial charge in [-0.05, 0) is 93.0 Å². The maximum absolute atomic E-state index is 12.3. The molecule has 28 heavy (non-hydrogen) atoms. The molecule has 0 spiro atoms. The first-order valence-corrected chi connectivity index (χ1v) is 10.9. The van der Waals surface area contributed by atoms with Gasteiger partial charge < -0.3 is 9.94 Å². The Hall–Kier alpha value is -1.65. The van der Waals surface area contributed by atoms with E-state index in [0.29, 0.717) is 17.6 Å². The van der Waals surface area contributed by atoms with Crippen LogP contribution in [0.4, 0.5) is 0 Å². The number of Topliss-reactive ketones (excluding diaryl/α,β-unsaturated/α-hetero) is 1. The normalized spacial score (nSPS) is 43.5. The highest BCUT2D eigenvalue weighted by Crippen LogP contribution is 2.66. The van der Waals surface area contributed by atoms with Crippen LogP contribution in [0.3, 0.4) is 0 Å². The van der Waals surface area contributed by atoms with Crippen LogP contribution in [-0.2, 0) is 14.4 Å². The third kappa shape index (κ3) is 3.02. The Morgan fingerprint density at radius 2 is 1.93 bits per heavy atom. The molecule has 0 aliphatic heterocycles. The molecule has 0 unspecified atom stereocenters. The van der Waals surface area contributed by atoms with Crippen LogP contribution in [0, 0.1) is 34.5 Å². The molecular weight excluding hydrogens is 354 g/mol. The van der Waals surface area contributed by atoms with Gasteiger partial charge in [0.05, 0.1) is 5.71 Å². The zero-order valence-corrected chi connectivity index (χ0v) is 17.4. The number of carbonyl (C=O) groups is 2. The highest BCUT2D eigenvalue weighted by Gasteiger charge is 2.59. The lowest BCUT2D eigenvalue weighted by Crippen LogP contribution is -2.51. The molecule has 0 aromatic rings. The van der Waals surface area contributed by atoms with Gasteiger partial charge in [0.25, 0.3) is 0 Å². The second-order valence-electron chi connectivity index (χ2n) is 10.0. The summed E-state index contributed by atoms with van der Waals surface area (Å²) in [4.78, 5) is 27.8. The average molecular weight is 388 g/mol. The van der Waals surface area contributed by atoms with Gasteiger partial charge in [0.15, 0.2) is 0 Å². The van der Waals surface area contributed by atoms with Gasteiger partial charge in [-0.2, -0.15) is 0 Å².